The van der Waals surface area contributed by atoms with Gasteiger partial charge in [-0.2, -0.15) is 4.98 Å². The van der Waals surface area contributed by atoms with Crippen LogP contribution < -0.4 is 5.32 Å². The third kappa shape index (κ3) is 3.90. The fraction of sp³-hybridized carbons (Fsp3) is 0.647. The zero-order chi connectivity index (χ0) is 16.9. The number of amides is 1. The normalized spacial score (nSPS) is 16.0. The van der Waals surface area contributed by atoms with Crippen LogP contribution in [-0.2, 0) is 0 Å². The lowest BCUT2D eigenvalue weighted by atomic mass is 9.94. The number of carbonyl (C=O) groups excluding carboxylic acids is 1. The molecule has 130 valence electrons. The molecule has 0 atom stereocenters. The smallest absolute Gasteiger partial charge is 0.291 e. The molecule has 0 radical (unpaired) electrons. The molecule has 7 nitrogen and oxygen atoms in total. The van der Waals surface area contributed by atoms with Crippen LogP contribution in [0.25, 0.3) is 5.78 Å². The van der Waals surface area contributed by atoms with Crippen molar-refractivity contribution in [2.75, 3.05) is 20.1 Å². The summed E-state index contributed by atoms with van der Waals surface area (Å²) in [6, 6.07) is 2.55. The highest BCUT2D eigenvalue weighted by Crippen LogP contribution is 2.21. The lowest BCUT2D eigenvalue weighted by Gasteiger charge is -2.31. The van der Waals surface area contributed by atoms with Crippen molar-refractivity contribution in [3.05, 3.63) is 23.8 Å². The van der Waals surface area contributed by atoms with Crippen molar-refractivity contribution >= 4 is 11.7 Å². The van der Waals surface area contributed by atoms with Crippen LogP contribution >= 0.6 is 0 Å². The van der Waals surface area contributed by atoms with Gasteiger partial charge in [-0.15, -0.1) is 5.10 Å². The van der Waals surface area contributed by atoms with Crippen molar-refractivity contribution in [1.82, 2.24) is 29.8 Å². The van der Waals surface area contributed by atoms with Crippen molar-refractivity contribution in [2.45, 2.75) is 51.5 Å². The predicted molar refractivity (Wildman–Crippen MR) is 92.0 cm³/mol. The second-order valence-corrected chi connectivity index (χ2v) is 6.62. The summed E-state index contributed by atoms with van der Waals surface area (Å²) in [4.78, 5) is 22.9. The minimum atomic E-state index is -0.236. The van der Waals surface area contributed by atoms with Gasteiger partial charge in [-0.05, 0) is 45.8 Å². The lowest BCUT2D eigenvalue weighted by molar-refractivity contribution is 0.0940. The largest absolute Gasteiger partial charge is 0.349 e. The molecule has 1 amide bonds. The highest BCUT2D eigenvalue weighted by atomic mass is 16.2. The van der Waals surface area contributed by atoms with Crippen LogP contribution in [-0.4, -0.2) is 56.6 Å². The minimum Gasteiger partial charge on any atom is -0.349 e. The Bertz CT molecular complexity index is 691. The number of nitrogens with zero attached hydrogens (tertiary/aromatic N) is 5. The zero-order valence-corrected chi connectivity index (χ0v) is 14.5. The number of hydrogen-bond acceptors (Lipinski definition) is 5. The van der Waals surface area contributed by atoms with Crippen molar-refractivity contribution in [3.63, 3.8) is 0 Å². The van der Waals surface area contributed by atoms with Gasteiger partial charge in [0.1, 0.15) is 0 Å². The summed E-state index contributed by atoms with van der Waals surface area (Å²) in [6.45, 7) is 3.55. The van der Waals surface area contributed by atoms with Gasteiger partial charge in [0, 0.05) is 24.5 Å². The second-order valence-electron chi connectivity index (χ2n) is 6.62. The van der Waals surface area contributed by atoms with Gasteiger partial charge in [-0.25, -0.2) is 9.50 Å². The highest BCUT2D eigenvalue weighted by Gasteiger charge is 2.18. The molecule has 0 aliphatic heterocycles. The van der Waals surface area contributed by atoms with E-state index in [4.69, 9.17) is 0 Å². The summed E-state index contributed by atoms with van der Waals surface area (Å²) < 4.78 is 1.59. The Morgan fingerprint density at radius 1 is 1.38 bits per heavy atom. The van der Waals surface area contributed by atoms with Gasteiger partial charge < -0.3 is 10.2 Å². The Labute approximate surface area is 142 Å². The summed E-state index contributed by atoms with van der Waals surface area (Å²) in [5, 5.41) is 7.13. The predicted octanol–water partition coefficient (Wildman–Crippen LogP) is 1.82. The molecule has 0 aromatic carbocycles. The average molecular weight is 330 g/mol. The van der Waals surface area contributed by atoms with E-state index in [1.807, 2.05) is 13.0 Å². The summed E-state index contributed by atoms with van der Waals surface area (Å²) in [5.74, 6) is 0.398. The van der Waals surface area contributed by atoms with E-state index in [9.17, 15) is 4.79 Å². The number of rotatable bonds is 6. The first-order valence-corrected chi connectivity index (χ1v) is 8.82. The maximum absolute atomic E-state index is 12.2. The quantitative estimate of drug-likeness (QED) is 0.818. The van der Waals surface area contributed by atoms with Crippen LogP contribution in [0.5, 0.6) is 0 Å². The van der Waals surface area contributed by atoms with Gasteiger partial charge in [0.2, 0.25) is 5.82 Å². The Kier molecular flexibility index (Phi) is 5.40. The molecule has 0 unspecified atom stereocenters. The third-order valence-electron chi connectivity index (χ3n) is 4.80. The first kappa shape index (κ1) is 16.8. The minimum absolute atomic E-state index is 0.178. The van der Waals surface area contributed by atoms with Crippen LogP contribution in [0.3, 0.4) is 0 Å². The molecule has 0 saturated heterocycles. The molecule has 0 bridgehead atoms. The summed E-state index contributed by atoms with van der Waals surface area (Å²) in [7, 11) is 2.19. The van der Waals surface area contributed by atoms with Gasteiger partial charge in [0.05, 0.1) is 0 Å². The molecule has 24 heavy (non-hydrogen) atoms. The first-order valence-electron chi connectivity index (χ1n) is 8.82. The van der Waals surface area contributed by atoms with Crippen LogP contribution in [0.2, 0.25) is 0 Å². The fourth-order valence-electron chi connectivity index (χ4n) is 3.32. The molecule has 2 heterocycles. The van der Waals surface area contributed by atoms with Gasteiger partial charge in [0.25, 0.3) is 11.7 Å². The molecule has 2 aromatic rings. The van der Waals surface area contributed by atoms with Gasteiger partial charge in [-0.3, -0.25) is 4.79 Å². The molecule has 3 rings (SSSR count). The Morgan fingerprint density at radius 3 is 2.92 bits per heavy atom. The fourth-order valence-corrected chi connectivity index (χ4v) is 3.32. The monoisotopic (exact) mass is 330 g/mol. The Hall–Kier alpha value is -2.02. The van der Waals surface area contributed by atoms with Crippen molar-refractivity contribution in [3.8, 4) is 0 Å². The molecule has 1 aliphatic carbocycles. The van der Waals surface area contributed by atoms with Gasteiger partial charge in [-0.1, -0.05) is 19.3 Å². The first-order chi connectivity index (χ1) is 11.6. The summed E-state index contributed by atoms with van der Waals surface area (Å²) in [5.41, 5.74) is 0.903. The van der Waals surface area contributed by atoms with Crippen molar-refractivity contribution < 1.29 is 4.79 Å². The van der Waals surface area contributed by atoms with Crippen molar-refractivity contribution in [1.29, 1.82) is 0 Å². The van der Waals surface area contributed by atoms with Gasteiger partial charge >= 0.3 is 0 Å². The Morgan fingerprint density at radius 2 is 2.17 bits per heavy atom. The second kappa shape index (κ2) is 7.70. The van der Waals surface area contributed by atoms with E-state index in [1.54, 1.807) is 10.7 Å². The SMILES string of the molecule is Cc1ccnc2nc(C(=O)NCCCN(C)C3CCCCC3)nn12. The van der Waals surface area contributed by atoms with E-state index < -0.39 is 0 Å². The summed E-state index contributed by atoms with van der Waals surface area (Å²) in [6.07, 6.45) is 9.28. The molecule has 1 N–H and O–H groups in total. The molecule has 7 heteroatoms. The molecule has 2 aromatic heterocycles. The average Bonchev–Trinajstić information content (AvgIpc) is 3.05. The van der Waals surface area contributed by atoms with Crippen LogP contribution in [0.4, 0.5) is 0 Å². The van der Waals surface area contributed by atoms with Crippen LogP contribution in [0, 0.1) is 6.92 Å². The molecule has 0 spiro atoms. The number of hydrogen-bond donors (Lipinski definition) is 1. The van der Waals surface area contributed by atoms with E-state index in [0.29, 0.717) is 18.4 Å². The summed E-state index contributed by atoms with van der Waals surface area (Å²) >= 11 is 0. The van der Waals surface area contributed by atoms with E-state index >= 15 is 0 Å². The third-order valence-corrected chi connectivity index (χ3v) is 4.80. The molecule has 1 fully saturated rings. The topological polar surface area (TPSA) is 75.4 Å². The highest BCUT2D eigenvalue weighted by molar-refractivity contribution is 5.90. The van der Waals surface area contributed by atoms with E-state index in [0.717, 1.165) is 18.7 Å². The van der Waals surface area contributed by atoms with E-state index in [1.165, 1.54) is 32.1 Å². The van der Waals surface area contributed by atoms with Gasteiger partial charge in [0.15, 0.2) is 0 Å². The maximum Gasteiger partial charge on any atom is 0.291 e. The maximum atomic E-state index is 12.2. The number of aromatic nitrogens is 4. The molecular formula is C17H26N6O. The van der Waals surface area contributed by atoms with Crippen LogP contribution in [0.1, 0.15) is 54.8 Å². The number of carbonyl (C=O) groups is 1. The molecule has 1 saturated carbocycles. The molecule has 1 aliphatic rings. The van der Waals surface area contributed by atoms with E-state index in [2.05, 4.69) is 32.3 Å². The number of fused-ring (bicyclic) bond motifs is 1. The molecular weight excluding hydrogens is 304 g/mol. The van der Waals surface area contributed by atoms with E-state index in [-0.39, 0.29) is 11.7 Å². The standard InChI is InChI=1S/C17H26N6O/c1-13-9-11-19-17-20-15(21-23(13)17)16(24)18-10-6-12-22(2)14-7-4-3-5-8-14/h9,11,14H,3-8,10,12H2,1-2H3,(H,18,24). The number of nitrogens with one attached hydrogen (secondary N) is 1. The van der Waals surface area contributed by atoms with Crippen LogP contribution in [0.15, 0.2) is 12.3 Å². The number of aryl methyl sites for hydroxylation is 1. The Balaban J connectivity index is 1.45. The zero-order valence-electron chi connectivity index (χ0n) is 14.5. The van der Waals surface area contributed by atoms with Crippen molar-refractivity contribution in [2.24, 2.45) is 0 Å². The lowest BCUT2D eigenvalue weighted by Crippen LogP contribution is -2.36.